The molecule has 0 atom stereocenters. The average molecular weight is 830 g/mol. The highest BCUT2D eigenvalue weighted by Gasteiger charge is 2.23. The Kier molecular flexibility index (Phi) is 7.59. The molecule has 0 radical (unpaired) electrons. The quantitative estimate of drug-likeness (QED) is 0.173. The number of aromatic nitrogens is 5. The van der Waals surface area contributed by atoms with E-state index >= 15 is 0 Å². The van der Waals surface area contributed by atoms with Crippen molar-refractivity contribution in [3.63, 3.8) is 0 Å². The Bertz CT molecular complexity index is 4240. The van der Waals surface area contributed by atoms with Crippen molar-refractivity contribution < 1.29 is 4.42 Å². The summed E-state index contributed by atoms with van der Waals surface area (Å²) in [6.45, 7) is 0. The third-order valence-corrected chi connectivity index (χ3v) is 13.1. The van der Waals surface area contributed by atoms with Gasteiger partial charge in [0.15, 0.2) is 17.5 Å². The zero-order valence-corrected chi connectivity index (χ0v) is 34.9. The zero-order valence-electron chi connectivity index (χ0n) is 34.9. The number of para-hydroxylation sites is 3. The van der Waals surface area contributed by atoms with Crippen LogP contribution in [0.15, 0.2) is 217 Å². The maximum Gasteiger partial charge on any atom is 0.164 e. The minimum Gasteiger partial charge on any atom is -0.456 e. The van der Waals surface area contributed by atoms with Crippen molar-refractivity contribution in [3.05, 3.63) is 212 Å². The summed E-state index contributed by atoms with van der Waals surface area (Å²) in [6.07, 6.45) is 0. The first kappa shape index (κ1) is 35.7. The lowest BCUT2D eigenvalue weighted by Gasteiger charge is -2.13. The van der Waals surface area contributed by atoms with Gasteiger partial charge in [-0.2, -0.15) is 0 Å². The highest BCUT2D eigenvalue weighted by Crippen LogP contribution is 2.43. The topological polar surface area (TPSA) is 61.7 Å². The molecule has 4 heterocycles. The fourth-order valence-corrected chi connectivity index (χ4v) is 10.1. The first-order chi connectivity index (χ1) is 32.2. The van der Waals surface area contributed by atoms with E-state index in [0.29, 0.717) is 17.5 Å². The van der Waals surface area contributed by atoms with E-state index in [1.54, 1.807) is 0 Å². The number of hydrogen-bond donors (Lipinski definition) is 0. The number of benzene rings is 10. The van der Waals surface area contributed by atoms with E-state index in [4.69, 9.17) is 19.4 Å². The lowest BCUT2D eigenvalue weighted by molar-refractivity contribution is 0.669. The lowest BCUT2D eigenvalue weighted by Crippen LogP contribution is -2.02. The van der Waals surface area contributed by atoms with Crippen LogP contribution in [0.5, 0.6) is 0 Å². The Morgan fingerprint density at radius 2 is 0.831 bits per heavy atom. The van der Waals surface area contributed by atoms with Gasteiger partial charge >= 0.3 is 0 Å². The molecule has 6 nitrogen and oxygen atoms in total. The maximum atomic E-state index is 6.93. The van der Waals surface area contributed by atoms with E-state index < -0.39 is 0 Å². The first-order valence-corrected chi connectivity index (χ1v) is 21.9. The van der Waals surface area contributed by atoms with Crippen LogP contribution in [0.3, 0.4) is 0 Å². The molecule has 4 aromatic heterocycles. The number of furan rings is 1. The second-order valence-corrected chi connectivity index (χ2v) is 16.8. The van der Waals surface area contributed by atoms with Gasteiger partial charge in [0.05, 0.1) is 27.8 Å². The summed E-state index contributed by atoms with van der Waals surface area (Å²) in [5.74, 6) is 1.75. The highest BCUT2D eigenvalue weighted by atomic mass is 16.3. The molecule has 302 valence electrons. The molecule has 0 aliphatic rings. The molecule has 0 aliphatic heterocycles. The first-order valence-electron chi connectivity index (χ1n) is 21.9. The van der Waals surface area contributed by atoms with Crippen LogP contribution in [-0.2, 0) is 0 Å². The minimum atomic E-state index is 0.564. The summed E-state index contributed by atoms with van der Waals surface area (Å²) >= 11 is 0. The third-order valence-electron chi connectivity index (χ3n) is 13.1. The van der Waals surface area contributed by atoms with Gasteiger partial charge in [0, 0.05) is 60.8 Å². The molecule has 14 rings (SSSR count). The molecule has 0 aliphatic carbocycles. The molecule has 6 heteroatoms. The van der Waals surface area contributed by atoms with Crippen LogP contribution in [0.2, 0.25) is 0 Å². The normalized spacial score (nSPS) is 12.0. The fraction of sp³-hybridized carbons (Fsp3) is 0. The molecule has 14 aromatic rings. The Hall–Kier alpha value is -8.87. The van der Waals surface area contributed by atoms with Gasteiger partial charge in [0.1, 0.15) is 11.2 Å². The Balaban J connectivity index is 1.07. The summed E-state index contributed by atoms with van der Waals surface area (Å²) in [5.41, 5.74) is 10.8. The van der Waals surface area contributed by atoms with Crippen LogP contribution < -0.4 is 0 Å². The summed E-state index contributed by atoms with van der Waals surface area (Å²) in [5, 5.41) is 11.3. The van der Waals surface area contributed by atoms with E-state index in [2.05, 4.69) is 203 Å². The SMILES string of the molecule is c1ccc(-c2nc(-c3ccc4c(c3)c3ccccc3n4-c3ccccc3)nc(-c3cc(-n4c5ccccc5c5cc6ccccc6cc54)cc4oc5cc6ccccc6cc5c34)n2)cc1. The van der Waals surface area contributed by atoms with E-state index in [1.807, 2.05) is 18.2 Å². The van der Waals surface area contributed by atoms with Crippen LogP contribution in [0, 0.1) is 0 Å². The van der Waals surface area contributed by atoms with Crippen molar-refractivity contribution in [2.45, 2.75) is 0 Å². The smallest absolute Gasteiger partial charge is 0.164 e. The van der Waals surface area contributed by atoms with E-state index in [9.17, 15) is 0 Å². The molecule has 10 aromatic carbocycles. The zero-order chi connectivity index (χ0) is 42.6. The molecule has 0 saturated heterocycles. The van der Waals surface area contributed by atoms with Gasteiger partial charge in [-0.1, -0.05) is 133 Å². The summed E-state index contributed by atoms with van der Waals surface area (Å²) in [6, 6.07) is 75.0. The van der Waals surface area contributed by atoms with Crippen LogP contribution in [0.25, 0.3) is 133 Å². The van der Waals surface area contributed by atoms with Gasteiger partial charge in [-0.25, -0.2) is 15.0 Å². The minimum absolute atomic E-state index is 0.564. The molecule has 0 unspecified atom stereocenters. The lowest BCUT2D eigenvalue weighted by atomic mass is 10.0. The molecule has 0 bridgehead atoms. The van der Waals surface area contributed by atoms with Crippen molar-refractivity contribution >= 4 is 87.1 Å². The summed E-state index contributed by atoms with van der Waals surface area (Å²) in [4.78, 5) is 16.1. The largest absolute Gasteiger partial charge is 0.456 e. The van der Waals surface area contributed by atoms with E-state index in [1.165, 1.54) is 21.5 Å². The summed E-state index contributed by atoms with van der Waals surface area (Å²) in [7, 11) is 0. The molecule has 0 amide bonds. The molecule has 0 spiro atoms. The van der Waals surface area contributed by atoms with Crippen LogP contribution in [-0.4, -0.2) is 24.1 Å². The van der Waals surface area contributed by atoms with Gasteiger partial charge in [0.25, 0.3) is 0 Å². The number of rotatable bonds is 5. The van der Waals surface area contributed by atoms with Gasteiger partial charge in [0.2, 0.25) is 0 Å². The Morgan fingerprint density at radius 3 is 1.54 bits per heavy atom. The standard InChI is InChI=1S/C59H35N5O/c1-3-15-36(16-4-1)57-60-58(41-27-28-52-46(31-41)44-23-11-13-25-50(44)63(52)42-21-5-2-6-22-42)62-59(61-57)49-34-43(35-55-56(49)48-30-38-18-8-10-20-40(38)33-54(48)65-55)64-51-26-14-12-24-45(51)47-29-37-17-7-9-19-39(37)32-53(47)64/h1-35H. The summed E-state index contributed by atoms with van der Waals surface area (Å²) < 4.78 is 11.6. The second kappa shape index (κ2) is 13.8. The van der Waals surface area contributed by atoms with Crippen molar-refractivity contribution in [2.75, 3.05) is 0 Å². The van der Waals surface area contributed by atoms with E-state index in [0.717, 1.165) is 93.6 Å². The highest BCUT2D eigenvalue weighted by molar-refractivity contribution is 6.18. The Labute approximate surface area is 371 Å². The monoisotopic (exact) mass is 829 g/mol. The molecular formula is C59H35N5O. The van der Waals surface area contributed by atoms with Crippen molar-refractivity contribution in [3.8, 4) is 45.5 Å². The van der Waals surface area contributed by atoms with Crippen LogP contribution in [0.4, 0.5) is 0 Å². The number of hydrogen-bond acceptors (Lipinski definition) is 4. The predicted octanol–water partition coefficient (Wildman–Crippen LogP) is 15.3. The van der Waals surface area contributed by atoms with Crippen molar-refractivity contribution in [2.24, 2.45) is 0 Å². The van der Waals surface area contributed by atoms with Crippen molar-refractivity contribution in [1.29, 1.82) is 0 Å². The Morgan fingerprint density at radius 1 is 0.308 bits per heavy atom. The molecule has 65 heavy (non-hydrogen) atoms. The molecule has 0 saturated carbocycles. The second-order valence-electron chi connectivity index (χ2n) is 16.8. The molecule has 0 N–H and O–H groups in total. The van der Waals surface area contributed by atoms with Crippen molar-refractivity contribution in [1.82, 2.24) is 24.1 Å². The maximum absolute atomic E-state index is 6.93. The predicted molar refractivity (Wildman–Crippen MR) is 267 cm³/mol. The number of nitrogens with zero attached hydrogens (tertiary/aromatic N) is 5. The average Bonchev–Trinajstić information content (AvgIpc) is 4.01. The van der Waals surface area contributed by atoms with Gasteiger partial charge in [-0.3, -0.25) is 0 Å². The van der Waals surface area contributed by atoms with Gasteiger partial charge < -0.3 is 13.6 Å². The van der Waals surface area contributed by atoms with Gasteiger partial charge in [-0.15, -0.1) is 0 Å². The third kappa shape index (κ3) is 5.51. The fourth-order valence-electron chi connectivity index (χ4n) is 10.1. The molecule has 0 fully saturated rings. The van der Waals surface area contributed by atoms with Gasteiger partial charge in [-0.05, 0) is 94.3 Å². The van der Waals surface area contributed by atoms with Crippen LogP contribution in [0.1, 0.15) is 0 Å². The van der Waals surface area contributed by atoms with E-state index in [-0.39, 0.29) is 0 Å². The molecular weight excluding hydrogens is 795 g/mol. The number of fused-ring (bicyclic) bond motifs is 11. The van der Waals surface area contributed by atoms with Crippen LogP contribution >= 0.6 is 0 Å².